The van der Waals surface area contributed by atoms with Crippen molar-refractivity contribution in [3.63, 3.8) is 0 Å². The van der Waals surface area contributed by atoms with E-state index in [0.717, 1.165) is 18.8 Å². The van der Waals surface area contributed by atoms with Crippen LogP contribution in [0.1, 0.15) is 13.3 Å². The average Bonchev–Trinajstić information content (AvgIpc) is 2.21. The van der Waals surface area contributed by atoms with Crippen LogP contribution in [0.3, 0.4) is 0 Å². The predicted molar refractivity (Wildman–Crippen MR) is 65.3 cm³/mol. The van der Waals surface area contributed by atoms with Gasteiger partial charge in [0, 0.05) is 18.0 Å². The van der Waals surface area contributed by atoms with Crippen LogP contribution in [0.2, 0.25) is 5.02 Å². The Hall–Kier alpha value is -0.410. The zero-order valence-electron chi connectivity index (χ0n) is 8.46. The first-order chi connectivity index (χ1) is 6.72. The van der Waals surface area contributed by atoms with Crippen LogP contribution < -0.4 is 5.32 Å². The summed E-state index contributed by atoms with van der Waals surface area (Å²) in [6.07, 6.45) is 4.93. The van der Waals surface area contributed by atoms with Gasteiger partial charge in [-0.3, -0.25) is 0 Å². The second-order valence-electron chi connectivity index (χ2n) is 3.12. The third-order valence-corrected chi connectivity index (χ3v) is 3.25. The molecule has 78 valence electrons. The van der Waals surface area contributed by atoms with Crippen LogP contribution in [0, 0.1) is 0 Å². The van der Waals surface area contributed by atoms with Crippen molar-refractivity contribution in [2.45, 2.75) is 18.6 Å². The Kier molecular flexibility index (Phi) is 5.12. The zero-order valence-corrected chi connectivity index (χ0v) is 10.0. The standard InChI is InChI=1S/C10H15ClN2S/c1-8(14-2)5-6-12-10-4-3-9(11)7-13-10/h3-4,7-8H,5-6H2,1-2H3,(H,12,13). The summed E-state index contributed by atoms with van der Waals surface area (Å²) in [5, 5.41) is 4.62. The fraction of sp³-hybridized carbons (Fsp3) is 0.500. The molecule has 1 heterocycles. The number of nitrogens with zero attached hydrogens (tertiary/aromatic N) is 1. The van der Waals surface area contributed by atoms with Gasteiger partial charge in [0.1, 0.15) is 5.82 Å². The summed E-state index contributed by atoms with van der Waals surface area (Å²) in [6, 6.07) is 3.74. The number of thioether (sulfide) groups is 1. The molecule has 0 saturated heterocycles. The lowest BCUT2D eigenvalue weighted by atomic mass is 10.3. The molecule has 0 saturated carbocycles. The second kappa shape index (κ2) is 6.14. The van der Waals surface area contributed by atoms with Gasteiger partial charge < -0.3 is 5.32 Å². The zero-order chi connectivity index (χ0) is 10.4. The molecule has 0 fully saturated rings. The van der Waals surface area contributed by atoms with Crippen molar-refractivity contribution in [2.24, 2.45) is 0 Å². The molecule has 4 heteroatoms. The van der Waals surface area contributed by atoms with E-state index in [0.29, 0.717) is 10.3 Å². The molecule has 2 nitrogen and oxygen atoms in total. The molecule has 0 radical (unpaired) electrons. The highest BCUT2D eigenvalue weighted by Gasteiger charge is 1.98. The highest BCUT2D eigenvalue weighted by atomic mass is 35.5. The van der Waals surface area contributed by atoms with Gasteiger partial charge >= 0.3 is 0 Å². The summed E-state index contributed by atoms with van der Waals surface area (Å²) in [7, 11) is 0. The Morgan fingerprint density at radius 3 is 2.93 bits per heavy atom. The minimum atomic E-state index is 0.674. The molecule has 1 unspecified atom stereocenters. The number of hydrogen-bond acceptors (Lipinski definition) is 3. The van der Waals surface area contributed by atoms with E-state index in [-0.39, 0.29) is 0 Å². The molecule has 1 rings (SSSR count). The minimum Gasteiger partial charge on any atom is -0.370 e. The van der Waals surface area contributed by atoms with Crippen molar-refractivity contribution in [3.8, 4) is 0 Å². The summed E-state index contributed by atoms with van der Waals surface area (Å²) < 4.78 is 0. The number of hydrogen-bond donors (Lipinski definition) is 1. The highest BCUT2D eigenvalue weighted by molar-refractivity contribution is 7.99. The van der Waals surface area contributed by atoms with E-state index in [9.17, 15) is 0 Å². The van der Waals surface area contributed by atoms with E-state index >= 15 is 0 Å². The molecule has 0 spiro atoms. The van der Waals surface area contributed by atoms with E-state index in [1.54, 1.807) is 6.20 Å². The smallest absolute Gasteiger partial charge is 0.125 e. The van der Waals surface area contributed by atoms with Crippen molar-refractivity contribution in [3.05, 3.63) is 23.4 Å². The molecule has 0 aromatic carbocycles. The highest BCUT2D eigenvalue weighted by Crippen LogP contribution is 2.12. The van der Waals surface area contributed by atoms with E-state index in [1.807, 2.05) is 23.9 Å². The Morgan fingerprint density at radius 2 is 2.36 bits per heavy atom. The number of rotatable bonds is 5. The molecule has 0 aliphatic carbocycles. The predicted octanol–water partition coefficient (Wildman–Crippen LogP) is 3.29. The summed E-state index contributed by atoms with van der Waals surface area (Å²) >= 11 is 7.61. The van der Waals surface area contributed by atoms with Crippen molar-refractivity contribution < 1.29 is 0 Å². The molecule has 0 bridgehead atoms. The molecule has 1 aromatic heterocycles. The summed E-state index contributed by atoms with van der Waals surface area (Å²) in [4.78, 5) is 4.15. The monoisotopic (exact) mass is 230 g/mol. The van der Waals surface area contributed by atoms with Crippen LogP contribution in [0.25, 0.3) is 0 Å². The largest absolute Gasteiger partial charge is 0.370 e. The first-order valence-electron chi connectivity index (χ1n) is 4.60. The average molecular weight is 231 g/mol. The third kappa shape index (κ3) is 4.20. The molecule has 1 aromatic rings. The minimum absolute atomic E-state index is 0.674. The summed E-state index contributed by atoms with van der Waals surface area (Å²) in [6.45, 7) is 3.18. The molecule has 0 aliphatic rings. The lowest BCUT2D eigenvalue weighted by molar-refractivity contribution is 0.850. The van der Waals surface area contributed by atoms with Gasteiger partial charge in [-0.1, -0.05) is 18.5 Å². The first kappa shape index (κ1) is 11.7. The first-order valence-corrected chi connectivity index (χ1v) is 6.27. The van der Waals surface area contributed by atoms with Gasteiger partial charge in [-0.05, 0) is 24.8 Å². The molecule has 1 atom stereocenters. The van der Waals surface area contributed by atoms with Gasteiger partial charge in [0.2, 0.25) is 0 Å². The Balaban J connectivity index is 2.28. The Labute approximate surface area is 94.5 Å². The number of pyridine rings is 1. The molecule has 0 aliphatic heterocycles. The fourth-order valence-corrected chi connectivity index (χ4v) is 1.47. The van der Waals surface area contributed by atoms with Crippen LogP contribution in [0.15, 0.2) is 18.3 Å². The number of aromatic nitrogens is 1. The topological polar surface area (TPSA) is 24.9 Å². The SMILES string of the molecule is CSC(C)CCNc1ccc(Cl)cn1. The molecular weight excluding hydrogens is 216 g/mol. The van der Waals surface area contributed by atoms with Gasteiger partial charge in [-0.15, -0.1) is 0 Å². The number of nitrogens with one attached hydrogen (secondary N) is 1. The lowest BCUT2D eigenvalue weighted by Gasteiger charge is -2.09. The molecule has 14 heavy (non-hydrogen) atoms. The van der Waals surface area contributed by atoms with Gasteiger partial charge in [0.25, 0.3) is 0 Å². The number of halogens is 1. The van der Waals surface area contributed by atoms with Crippen LogP contribution in [-0.2, 0) is 0 Å². The van der Waals surface area contributed by atoms with Crippen LogP contribution >= 0.6 is 23.4 Å². The lowest BCUT2D eigenvalue weighted by Crippen LogP contribution is -2.08. The second-order valence-corrected chi connectivity index (χ2v) is 4.84. The van der Waals surface area contributed by atoms with Crippen LogP contribution in [0.4, 0.5) is 5.82 Å². The van der Waals surface area contributed by atoms with E-state index in [2.05, 4.69) is 23.5 Å². The summed E-state index contributed by atoms with van der Waals surface area (Å²) in [5.41, 5.74) is 0. The quantitative estimate of drug-likeness (QED) is 0.841. The maximum Gasteiger partial charge on any atom is 0.125 e. The molecule has 1 N–H and O–H groups in total. The van der Waals surface area contributed by atoms with Crippen LogP contribution in [0.5, 0.6) is 0 Å². The fourth-order valence-electron chi connectivity index (χ4n) is 1.00. The summed E-state index contributed by atoms with van der Waals surface area (Å²) in [5.74, 6) is 0.891. The van der Waals surface area contributed by atoms with Gasteiger partial charge in [-0.25, -0.2) is 4.98 Å². The molecular formula is C10H15ClN2S. The van der Waals surface area contributed by atoms with Crippen molar-refractivity contribution >= 4 is 29.2 Å². The van der Waals surface area contributed by atoms with Crippen molar-refractivity contribution in [2.75, 3.05) is 18.1 Å². The Morgan fingerprint density at radius 1 is 1.57 bits per heavy atom. The third-order valence-electron chi connectivity index (χ3n) is 1.99. The van der Waals surface area contributed by atoms with Crippen LogP contribution in [-0.4, -0.2) is 23.0 Å². The van der Waals surface area contributed by atoms with Crippen molar-refractivity contribution in [1.82, 2.24) is 4.98 Å². The number of anilines is 1. The van der Waals surface area contributed by atoms with E-state index < -0.39 is 0 Å². The van der Waals surface area contributed by atoms with Crippen molar-refractivity contribution in [1.29, 1.82) is 0 Å². The maximum atomic E-state index is 5.72. The Bertz CT molecular complexity index is 263. The maximum absolute atomic E-state index is 5.72. The normalized spacial score (nSPS) is 12.5. The van der Waals surface area contributed by atoms with E-state index in [1.165, 1.54) is 0 Å². The molecule has 0 amide bonds. The van der Waals surface area contributed by atoms with E-state index in [4.69, 9.17) is 11.6 Å². The van der Waals surface area contributed by atoms with Gasteiger partial charge in [-0.2, -0.15) is 11.8 Å². The van der Waals surface area contributed by atoms with Gasteiger partial charge in [0.15, 0.2) is 0 Å². The van der Waals surface area contributed by atoms with Gasteiger partial charge in [0.05, 0.1) is 5.02 Å².